The van der Waals surface area contributed by atoms with Crippen LogP contribution in [0.4, 0.5) is 4.79 Å². The minimum atomic E-state index is -0.628. The van der Waals surface area contributed by atoms with Gasteiger partial charge in [0.2, 0.25) is 0 Å². The van der Waals surface area contributed by atoms with Crippen LogP contribution in [-0.2, 0) is 28.8 Å². The standard InChI is InChI=1S/C38H39N3O3S/c1-38(2,3)44-37(43)41-32(23-30-16-8-14-28-12-4-6-18-33(28)30)26-45-35(36(42)40-22-20-27-11-10-21-39-25-27)24-31-17-9-15-29-13-5-7-19-34(29)31/h4-19,21-22,25,32,35H,20,23-24,26H2,1-3H3,(H,41,43)/t32-,35-/m0/s1. The van der Waals surface area contributed by atoms with Gasteiger partial charge in [0.25, 0.3) is 5.91 Å². The van der Waals surface area contributed by atoms with Crippen LogP contribution in [0.2, 0.25) is 0 Å². The van der Waals surface area contributed by atoms with Crippen molar-refractivity contribution in [3.8, 4) is 0 Å². The molecule has 0 unspecified atom stereocenters. The number of benzene rings is 4. The second kappa shape index (κ2) is 15.0. The van der Waals surface area contributed by atoms with E-state index in [-0.39, 0.29) is 11.9 Å². The third-order valence-corrected chi connectivity index (χ3v) is 8.76. The number of aliphatic imine (C=N–C) groups is 1. The lowest BCUT2D eigenvalue weighted by Gasteiger charge is -2.25. The summed E-state index contributed by atoms with van der Waals surface area (Å²) in [5, 5.41) is 7.19. The summed E-state index contributed by atoms with van der Waals surface area (Å²) in [6.45, 7) is 5.55. The molecular formula is C38H39N3O3S. The van der Waals surface area contributed by atoms with Gasteiger partial charge in [-0.3, -0.25) is 9.78 Å². The van der Waals surface area contributed by atoms with Crippen LogP contribution < -0.4 is 5.32 Å². The summed E-state index contributed by atoms with van der Waals surface area (Å²) in [6.07, 6.45) is 6.33. The summed E-state index contributed by atoms with van der Waals surface area (Å²) in [6, 6.07) is 32.4. The molecule has 230 valence electrons. The maximum Gasteiger partial charge on any atom is 0.407 e. The Labute approximate surface area is 269 Å². The topological polar surface area (TPSA) is 80.6 Å². The van der Waals surface area contributed by atoms with E-state index in [9.17, 15) is 9.59 Å². The molecule has 1 N–H and O–H groups in total. The van der Waals surface area contributed by atoms with Crippen molar-refractivity contribution in [3.05, 3.63) is 126 Å². The second-order valence-corrected chi connectivity index (χ2v) is 13.3. The summed E-state index contributed by atoms with van der Waals surface area (Å²) in [5.41, 5.74) is 2.58. The molecular weight excluding hydrogens is 579 g/mol. The highest BCUT2D eigenvalue weighted by Gasteiger charge is 2.25. The largest absolute Gasteiger partial charge is 0.444 e. The molecule has 0 aliphatic heterocycles. The van der Waals surface area contributed by atoms with Crippen molar-refractivity contribution >= 4 is 51.5 Å². The molecule has 0 aliphatic carbocycles. The van der Waals surface area contributed by atoms with Crippen LogP contribution in [-0.4, -0.2) is 45.8 Å². The van der Waals surface area contributed by atoms with Crippen LogP contribution in [0.25, 0.3) is 21.5 Å². The van der Waals surface area contributed by atoms with Gasteiger partial charge in [0.1, 0.15) is 5.60 Å². The van der Waals surface area contributed by atoms with Crippen molar-refractivity contribution in [3.63, 3.8) is 0 Å². The highest BCUT2D eigenvalue weighted by Crippen LogP contribution is 2.27. The SMILES string of the molecule is CC(C)(C)OC(=O)N[C@H](CS[C@@H](Cc1cccc2ccccc12)C(=O)N=CCc1cccnc1)Cc1cccc2ccccc12. The van der Waals surface area contributed by atoms with Crippen LogP contribution in [0.5, 0.6) is 0 Å². The van der Waals surface area contributed by atoms with E-state index in [0.717, 1.165) is 38.2 Å². The molecule has 0 aliphatic rings. The number of thioether (sulfide) groups is 1. The molecule has 2 atom stereocenters. The van der Waals surface area contributed by atoms with Crippen LogP contribution >= 0.6 is 11.8 Å². The van der Waals surface area contributed by atoms with Crippen LogP contribution in [0.15, 0.2) is 114 Å². The van der Waals surface area contributed by atoms with Crippen LogP contribution in [0.3, 0.4) is 0 Å². The molecule has 0 spiro atoms. The number of fused-ring (bicyclic) bond motifs is 2. The molecule has 0 saturated carbocycles. The number of hydrogen-bond donors (Lipinski definition) is 1. The lowest BCUT2D eigenvalue weighted by atomic mass is 9.99. The zero-order chi connectivity index (χ0) is 31.6. The second-order valence-electron chi connectivity index (χ2n) is 12.1. The van der Waals surface area contributed by atoms with Gasteiger partial charge in [-0.15, -0.1) is 11.8 Å². The summed E-state index contributed by atoms with van der Waals surface area (Å²) < 4.78 is 5.63. The molecule has 6 nitrogen and oxygen atoms in total. The Morgan fingerprint density at radius 2 is 1.47 bits per heavy atom. The van der Waals surface area contributed by atoms with Crippen LogP contribution in [0.1, 0.15) is 37.5 Å². The summed E-state index contributed by atoms with van der Waals surface area (Å²) in [7, 11) is 0. The first-order chi connectivity index (χ1) is 21.7. The molecule has 0 bridgehead atoms. The van der Waals surface area contributed by atoms with Crippen molar-refractivity contribution in [1.29, 1.82) is 0 Å². The molecule has 45 heavy (non-hydrogen) atoms. The molecule has 0 fully saturated rings. The van der Waals surface area contributed by atoms with Crippen LogP contribution in [0, 0.1) is 0 Å². The fraction of sp³-hybridized carbons (Fsp3) is 0.263. The van der Waals surface area contributed by atoms with Gasteiger partial charge in [-0.05, 0) is 77.9 Å². The molecule has 0 saturated heterocycles. The number of nitrogens with zero attached hydrogens (tertiary/aromatic N) is 2. The first-order valence-corrected chi connectivity index (χ1v) is 16.3. The maximum atomic E-state index is 13.7. The van der Waals surface area contributed by atoms with Crippen molar-refractivity contribution in [2.24, 2.45) is 4.99 Å². The van der Waals surface area contributed by atoms with E-state index < -0.39 is 16.9 Å². The molecule has 0 radical (unpaired) electrons. The van der Waals surface area contributed by atoms with Crippen molar-refractivity contribution in [2.45, 2.75) is 56.9 Å². The molecule has 5 rings (SSSR count). The average molecular weight is 618 g/mol. The molecule has 1 heterocycles. The number of rotatable bonds is 11. The molecule has 1 aromatic heterocycles. The third-order valence-electron chi connectivity index (χ3n) is 7.39. The van der Waals surface area contributed by atoms with E-state index in [1.807, 2.05) is 69.3 Å². The Kier molecular flexibility index (Phi) is 10.6. The number of nitrogens with one attached hydrogen (secondary N) is 1. The van der Waals surface area contributed by atoms with Gasteiger partial charge in [-0.1, -0.05) is 91.0 Å². The number of pyridine rings is 1. The van der Waals surface area contributed by atoms with Gasteiger partial charge < -0.3 is 10.1 Å². The average Bonchev–Trinajstić information content (AvgIpc) is 3.02. The van der Waals surface area contributed by atoms with Gasteiger partial charge in [-0.25, -0.2) is 9.79 Å². The smallest absolute Gasteiger partial charge is 0.407 e. The highest BCUT2D eigenvalue weighted by molar-refractivity contribution is 8.00. The summed E-state index contributed by atoms with van der Waals surface area (Å²) in [5.74, 6) is 0.305. The van der Waals surface area contributed by atoms with Gasteiger partial charge >= 0.3 is 6.09 Å². The monoisotopic (exact) mass is 617 g/mol. The minimum Gasteiger partial charge on any atom is -0.444 e. The fourth-order valence-electron chi connectivity index (χ4n) is 5.32. The number of carbonyl (C=O) groups excluding carboxylic acids is 2. The Hall–Kier alpha value is -4.49. The summed E-state index contributed by atoms with van der Waals surface area (Å²) >= 11 is 1.53. The maximum absolute atomic E-state index is 13.7. The zero-order valence-electron chi connectivity index (χ0n) is 26.0. The van der Waals surface area contributed by atoms with Crippen molar-refractivity contribution in [2.75, 3.05) is 5.75 Å². The van der Waals surface area contributed by atoms with Gasteiger partial charge in [0.15, 0.2) is 0 Å². The number of carbonyl (C=O) groups is 2. The first-order valence-electron chi connectivity index (χ1n) is 15.2. The number of aromatic nitrogens is 1. The predicted molar refractivity (Wildman–Crippen MR) is 186 cm³/mol. The predicted octanol–water partition coefficient (Wildman–Crippen LogP) is 8.01. The van der Waals surface area contributed by atoms with Gasteiger partial charge in [-0.2, -0.15) is 0 Å². The minimum absolute atomic E-state index is 0.196. The molecule has 5 aromatic rings. The Balaban J connectivity index is 1.40. The van der Waals surface area contributed by atoms with E-state index in [1.165, 1.54) is 11.8 Å². The van der Waals surface area contributed by atoms with E-state index >= 15 is 0 Å². The Morgan fingerprint density at radius 1 is 0.844 bits per heavy atom. The molecule has 7 heteroatoms. The number of hydrogen-bond acceptors (Lipinski definition) is 5. The molecule has 2 amide bonds. The Bertz CT molecular complexity index is 1770. The van der Waals surface area contributed by atoms with Crippen molar-refractivity contribution < 1.29 is 14.3 Å². The highest BCUT2D eigenvalue weighted by atomic mass is 32.2. The van der Waals surface area contributed by atoms with Gasteiger partial charge in [0, 0.05) is 36.8 Å². The van der Waals surface area contributed by atoms with E-state index in [0.29, 0.717) is 25.0 Å². The quantitative estimate of drug-likeness (QED) is 0.152. The van der Waals surface area contributed by atoms with E-state index in [2.05, 4.69) is 63.8 Å². The first kappa shape index (κ1) is 31.9. The normalized spacial score (nSPS) is 13.1. The number of ether oxygens (including phenoxy) is 1. The zero-order valence-corrected chi connectivity index (χ0v) is 26.8. The number of alkyl carbamates (subject to hydrolysis) is 1. The van der Waals surface area contributed by atoms with E-state index in [1.54, 1.807) is 18.6 Å². The lowest BCUT2D eigenvalue weighted by molar-refractivity contribution is -0.117. The van der Waals surface area contributed by atoms with E-state index in [4.69, 9.17) is 4.74 Å². The third kappa shape index (κ3) is 9.25. The lowest BCUT2D eigenvalue weighted by Crippen LogP contribution is -2.42. The van der Waals surface area contributed by atoms with Gasteiger partial charge in [0.05, 0.1) is 5.25 Å². The molecule has 4 aromatic carbocycles. The summed E-state index contributed by atoms with van der Waals surface area (Å²) in [4.78, 5) is 35.2. The fourth-order valence-corrected chi connectivity index (χ4v) is 6.49. The van der Waals surface area contributed by atoms with Crippen molar-refractivity contribution in [1.82, 2.24) is 10.3 Å². The Morgan fingerprint density at radius 3 is 2.09 bits per heavy atom. The number of amides is 2.